The Morgan fingerprint density at radius 1 is 0.377 bits per heavy atom. The Hall–Kier alpha value is -12.0. The van der Waals surface area contributed by atoms with Gasteiger partial charge in [0.05, 0.1) is 117 Å². The molecular formula is C82H73Cl6N11O15. The molecule has 0 fully saturated rings. The summed E-state index contributed by atoms with van der Waals surface area (Å²) < 4.78 is 22.4. The lowest BCUT2D eigenvalue weighted by atomic mass is 10.0. The van der Waals surface area contributed by atoms with Gasteiger partial charge in [0, 0.05) is 65.4 Å². The van der Waals surface area contributed by atoms with Crippen molar-refractivity contribution in [2.45, 2.75) is 51.2 Å². The Labute approximate surface area is 679 Å². The molecule has 3 aromatic heterocycles. The number of amides is 3. The summed E-state index contributed by atoms with van der Waals surface area (Å²) in [5.41, 5.74) is 3.51. The number of nitrogens with one attached hydrogen (secondary N) is 5. The van der Waals surface area contributed by atoms with Crippen LogP contribution in [0.5, 0.6) is 0 Å². The lowest BCUT2D eigenvalue weighted by molar-refractivity contribution is -0.145. The third kappa shape index (κ3) is 18.7. The normalized spacial score (nSPS) is 11.7. The smallest absolute Gasteiger partial charge is 0.335 e. The van der Waals surface area contributed by atoms with Crippen LogP contribution in [0.25, 0.3) is 49.8 Å². The molecule has 12 rings (SSSR count). The van der Waals surface area contributed by atoms with Crippen molar-refractivity contribution in [3.63, 3.8) is 0 Å². The van der Waals surface area contributed by atoms with E-state index in [1.54, 1.807) is 181 Å². The second kappa shape index (κ2) is 37.5. The number of aromatic nitrogens is 6. The zero-order valence-corrected chi connectivity index (χ0v) is 66.8. The van der Waals surface area contributed by atoms with Gasteiger partial charge in [-0.3, -0.25) is 42.5 Å². The van der Waals surface area contributed by atoms with Crippen molar-refractivity contribution in [2.75, 3.05) is 45.1 Å². The number of hydrogen-bond donors (Lipinski definition) is 5. The van der Waals surface area contributed by atoms with E-state index in [0.717, 1.165) is 25.1 Å². The molecule has 12 aromatic rings. The summed E-state index contributed by atoms with van der Waals surface area (Å²) in [6.07, 6.45) is 0.256. The van der Waals surface area contributed by atoms with Gasteiger partial charge in [0.25, 0.3) is 34.4 Å². The van der Waals surface area contributed by atoms with Crippen molar-refractivity contribution < 1.29 is 43.0 Å². The maximum Gasteiger partial charge on any atom is 0.335 e. The van der Waals surface area contributed by atoms with Crippen LogP contribution in [0.4, 0.5) is 11.4 Å². The third-order valence-electron chi connectivity index (χ3n) is 18.3. The Bertz CT molecular complexity index is 6060. The predicted molar refractivity (Wildman–Crippen MR) is 443 cm³/mol. The molecule has 114 heavy (non-hydrogen) atoms. The quantitative estimate of drug-likeness (QED) is 0.0311. The van der Waals surface area contributed by atoms with Crippen molar-refractivity contribution in [3.05, 3.63) is 314 Å². The lowest BCUT2D eigenvalue weighted by Crippen LogP contribution is -2.43. The van der Waals surface area contributed by atoms with Crippen LogP contribution in [0, 0.1) is 0 Å². The maximum absolute atomic E-state index is 13.4. The van der Waals surface area contributed by atoms with Gasteiger partial charge in [-0.2, -0.15) is 0 Å². The lowest BCUT2D eigenvalue weighted by Gasteiger charge is -2.18. The summed E-state index contributed by atoms with van der Waals surface area (Å²) in [6.45, 7) is 4.43. The number of fused-ring (bicyclic) bond motifs is 3. The molecule has 9 aromatic carbocycles. The van der Waals surface area contributed by atoms with Crippen LogP contribution in [0.3, 0.4) is 0 Å². The van der Waals surface area contributed by atoms with E-state index in [0.29, 0.717) is 73.0 Å². The van der Waals surface area contributed by atoms with E-state index in [4.69, 9.17) is 83.8 Å². The molecule has 0 saturated heterocycles. The van der Waals surface area contributed by atoms with Crippen LogP contribution < -0.4 is 60.3 Å². The molecule has 0 aliphatic heterocycles. The molecule has 0 radical (unpaired) electrons. The minimum absolute atomic E-state index is 0.0491. The molecule has 0 aliphatic carbocycles. The molecule has 3 atom stereocenters. The first-order valence-corrected chi connectivity index (χ1v) is 37.3. The highest BCUT2D eigenvalue weighted by Crippen LogP contribution is 2.29. The first kappa shape index (κ1) is 84.4. The average Bonchev–Trinajstić information content (AvgIpc) is 0.785. The highest BCUT2D eigenvalue weighted by atomic mass is 35.5. The molecular weight excluding hydrogens is 1590 g/mol. The SMILES string of the molecule is CCNc1ccc2c(c1)c(=O)n(-c1ccc(C[C@H](NC(=O)c3c(Cl)cccc3Cl)C(=O)OC)cc1)c(=O)n2C.CCOC(=O)[C@H](Cc1ccc(-n2c(=O)c3ccccc3n(C)c2=O)cc1)NC(=O)c1c(Cl)cccc1Cl.CNc1ccc2c(c1)c(=O)n(-c1ccc(C[C@H](NC(=O)c3c(Cl)cccc3Cl)C(=O)OC)cc1)c(=O)n2C. The molecule has 26 nitrogen and oxygen atoms in total. The Morgan fingerprint density at radius 3 is 1.01 bits per heavy atom. The third-order valence-corrected chi connectivity index (χ3v) is 20.2. The Kier molecular flexibility index (Phi) is 27.8. The number of methoxy groups -OCH3 is 2. The number of carbonyl (C=O) groups is 6. The van der Waals surface area contributed by atoms with Gasteiger partial charge >= 0.3 is 35.0 Å². The topological polar surface area (TPSA) is 322 Å². The van der Waals surface area contributed by atoms with Crippen LogP contribution in [0.1, 0.15) is 61.6 Å². The van der Waals surface area contributed by atoms with Crippen LogP contribution in [-0.4, -0.2) is 116 Å². The number of aryl methyl sites for hydroxylation is 3. The number of anilines is 2. The van der Waals surface area contributed by atoms with Gasteiger partial charge in [-0.1, -0.05) is 136 Å². The first-order chi connectivity index (χ1) is 54.5. The fraction of sp³-hybridized carbons (Fsp3) is 0.195. The largest absolute Gasteiger partial charge is 0.467 e. The summed E-state index contributed by atoms with van der Waals surface area (Å²) in [7, 11) is 8.99. The van der Waals surface area contributed by atoms with E-state index in [9.17, 15) is 57.5 Å². The number of ether oxygens (including phenoxy) is 3. The second-order valence-corrected chi connectivity index (χ2v) is 27.9. The molecule has 5 N–H and O–H groups in total. The predicted octanol–water partition coefficient (Wildman–Crippen LogP) is 11.4. The van der Waals surface area contributed by atoms with Gasteiger partial charge in [-0.05, 0) is 152 Å². The molecule has 0 spiro atoms. The standard InChI is InChI=1S/C28H26Cl2N4O5.C27H24Cl2N4O5.C27H23Cl2N3O5/c1-4-31-17-10-13-23-19(15-17)26(36)34(28(38)33(23)2)18-11-8-16(9-12-18)14-22(27(37)39-3)32-25(35)24-20(29)6-5-7-21(24)30;1-30-16-9-12-22-18(14-16)25(35)33(27(37)32(22)2)17-10-7-15(8-11-17)13-21(26(36)38-3)31-24(34)23-19(28)5-4-6-20(23)29;1-3-37-26(35)21(30-24(33)23-19(28)8-6-9-20(23)29)15-16-11-13-17(14-12-16)32-25(34)18-7-4-5-10-22(18)31(2)27(32)36/h5-13,15,22,31H,4,14H2,1-3H3,(H,32,35);4-12,14,21,30H,13H2,1-3H3,(H,31,34);4-14,21H,3,15H2,1-2H3,(H,30,33)/t22-;2*21-/m000/s1. The highest BCUT2D eigenvalue weighted by molar-refractivity contribution is 6.41. The number of para-hydroxylation sites is 1. The summed E-state index contributed by atoms with van der Waals surface area (Å²) in [6, 6.07) is 47.9. The van der Waals surface area contributed by atoms with E-state index < -0.39 is 87.5 Å². The van der Waals surface area contributed by atoms with E-state index >= 15 is 0 Å². The van der Waals surface area contributed by atoms with Crippen molar-refractivity contribution in [2.24, 2.45) is 21.1 Å². The van der Waals surface area contributed by atoms with Crippen LogP contribution in [-0.2, 0) is 69.0 Å². The first-order valence-electron chi connectivity index (χ1n) is 35.0. The summed E-state index contributed by atoms with van der Waals surface area (Å²) in [4.78, 5) is 155. The molecule has 588 valence electrons. The molecule has 3 heterocycles. The highest BCUT2D eigenvalue weighted by Gasteiger charge is 2.30. The van der Waals surface area contributed by atoms with Gasteiger partial charge < -0.3 is 40.8 Å². The minimum atomic E-state index is -1.04. The number of esters is 3. The molecule has 32 heteroatoms. The van der Waals surface area contributed by atoms with Gasteiger partial charge in [0.15, 0.2) is 0 Å². The summed E-state index contributed by atoms with van der Waals surface area (Å²) in [5, 5.41) is 16.1. The van der Waals surface area contributed by atoms with Crippen LogP contribution in [0.2, 0.25) is 30.1 Å². The summed E-state index contributed by atoms with van der Waals surface area (Å²) >= 11 is 36.8. The van der Waals surface area contributed by atoms with Crippen molar-refractivity contribution in [3.8, 4) is 17.1 Å². The molecule has 0 aliphatic rings. The average molecular weight is 1670 g/mol. The molecule has 0 bridgehead atoms. The zero-order chi connectivity index (χ0) is 82.5. The Balaban J connectivity index is 0.000000181. The van der Waals surface area contributed by atoms with E-state index in [1.165, 1.54) is 64.3 Å². The van der Waals surface area contributed by atoms with Gasteiger partial charge in [0.1, 0.15) is 18.1 Å². The van der Waals surface area contributed by atoms with E-state index in [2.05, 4.69) is 26.6 Å². The Morgan fingerprint density at radius 2 is 0.684 bits per heavy atom. The number of hydrogen-bond acceptors (Lipinski definition) is 17. The monoisotopic (exact) mass is 1660 g/mol. The van der Waals surface area contributed by atoms with Crippen LogP contribution >= 0.6 is 69.6 Å². The van der Waals surface area contributed by atoms with E-state index in [1.807, 2.05) is 13.0 Å². The van der Waals surface area contributed by atoms with E-state index in [-0.39, 0.29) is 72.7 Å². The van der Waals surface area contributed by atoms with Crippen molar-refractivity contribution in [1.29, 1.82) is 0 Å². The molecule has 0 unspecified atom stereocenters. The van der Waals surface area contributed by atoms with Crippen LogP contribution in [0.15, 0.2) is 217 Å². The van der Waals surface area contributed by atoms with Gasteiger partial charge in [-0.25, -0.2) is 42.5 Å². The fourth-order valence-electron chi connectivity index (χ4n) is 12.5. The number of benzene rings is 9. The second-order valence-electron chi connectivity index (χ2n) is 25.5. The van der Waals surface area contributed by atoms with Crippen molar-refractivity contribution in [1.82, 2.24) is 43.4 Å². The molecule has 3 amide bonds. The zero-order valence-electron chi connectivity index (χ0n) is 62.2. The minimum Gasteiger partial charge on any atom is -0.467 e. The number of halogens is 6. The van der Waals surface area contributed by atoms with Crippen molar-refractivity contribution >= 4 is 149 Å². The fourth-order valence-corrected chi connectivity index (χ4v) is 14.2. The summed E-state index contributed by atoms with van der Waals surface area (Å²) in [5.74, 6) is -3.81. The molecule has 0 saturated carbocycles. The van der Waals surface area contributed by atoms with Gasteiger partial charge in [-0.15, -0.1) is 0 Å². The maximum atomic E-state index is 13.4. The van der Waals surface area contributed by atoms with Gasteiger partial charge in [0.2, 0.25) is 0 Å². The number of carbonyl (C=O) groups excluding carboxylic acids is 6. The number of nitrogens with zero attached hydrogens (tertiary/aromatic N) is 6. The number of rotatable bonds is 22.